The van der Waals surface area contributed by atoms with Crippen molar-refractivity contribution >= 4 is 5.91 Å². The van der Waals surface area contributed by atoms with Gasteiger partial charge in [-0.1, -0.05) is 59.7 Å². The van der Waals surface area contributed by atoms with Crippen molar-refractivity contribution in [1.29, 1.82) is 0 Å². The number of hydrogen-bond acceptors (Lipinski definition) is 4. The highest BCUT2D eigenvalue weighted by molar-refractivity contribution is 5.97. The third-order valence-electron chi connectivity index (χ3n) is 5.46. The molecular weight excluding hydrogens is 398 g/mol. The van der Waals surface area contributed by atoms with Crippen LogP contribution in [-0.4, -0.2) is 25.9 Å². The van der Waals surface area contributed by atoms with Crippen LogP contribution in [0, 0.1) is 0 Å². The number of amides is 1. The molecule has 1 N–H and O–H groups in total. The molecule has 0 spiro atoms. The first-order chi connectivity index (χ1) is 15.0. The lowest BCUT2D eigenvalue weighted by Gasteiger charge is -2.29. The Hall–Kier alpha value is -3.21. The van der Waals surface area contributed by atoms with Crippen molar-refractivity contribution in [2.24, 2.45) is 0 Å². The molecule has 168 valence electrons. The summed E-state index contributed by atoms with van der Waals surface area (Å²) in [6.07, 6.45) is 3.43. The topological polar surface area (TPSA) is 66.3 Å². The molecular formula is C27H33N3O2. The second-order valence-electron chi connectivity index (χ2n) is 10.2. The van der Waals surface area contributed by atoms with E-state index in [1.807, 2.05) is 69.3 Å². The first-order valence-corrected chi connectivity index (χ1v) is 10.9. The lowest BCUT2D eigenvalue weighted by Crippen LogP contribution is -2.31. The lowest BCUT2D eigenvalue weighted by atomic mass is 9.78. The van der Waals surface area contributed by atoms with E-state index in [0.29, 0.717) is 18.7 Å². The van der Waals surface area contributed by atoms with Crippen molar-refractivity contribution in [3.8, 4) is 5.75 Å². The molecule has 1 amide bonds. The van der Waals surface area contributed by atoms with Gasteiger partial charge in [-0.15, -0.1) is 0 Å². The van der Waals surface area contributed by atoms with Crippen LogP contribution in [-0.2, 0) is 23.9 Å². The number of hydrogen-bond donors (Lipinski definition) is 1. The van der Waals surface area contributed by atoms with Gasteiger partial charge in [0.25, 0.3) is 5.91 Å². The molecule has 0 saturated carbocycles. The molecule has 0 unspecified atom stereocenters. The highest BCUT2D eigenvalue weighted by atomic mass is 16.3. The third-order valence-corrected chi connectivity index (χ3v) is 5.46. The van der Waals surface area contributed by atoms with Gasteiger partial charge in [0.2, 0.25) is 0 Å². The molecule has 0 aliphatic carbocycles. The third kappa shape index (κ3) is 5.52. The number of carbonyl (C=O) groups is 1. The largest absolute Gasteiger partial charge is 0.507 e. The van der Waals surface area contributed by atoms with Crippen molar-refractivity contribution in [3.63, 3.8) is 0 Å². The fourth-order valence-electron chi connectivity index (χ4n) is 3.55. The summed E-state index contributed by atoms with van der Waals surface area (Å²) in [5, 5.41) is 11.2. The number of carbonyl (C=O) groups excluding carboxylic acids is 1. The molecule has 0 radical (unpaired) electrons. The number of aromatic hydroxyl groups is 1. The Bertz CT molecular complexity index is 1020. The second kappa shape index (κ2) is 9.11. The summed E-state index contributed by atoms with van der Waals surface area (Å²) >= 11 is 0. The van der Waals surface area contributed by atoms with E-state index in [9.17, 15) is 9.90 Å². The highest BCUT2D eigenvalue weighted by Crippen LogP contribution is 2.38. The molecule has 2 heterocycles. The number of aromatic nitrogens is 2. The summed E-state index contributed by atoms with van der Waals surface area (Å²) in [5.41, 5.74) is 3.17. The van der Waals surface area contributed by atoms with Gasteiger partial charge in [-0.25, -0.2) is 0 Å². The van der Waals surface area contributed by atoms with E-state index in [0.717, 1.165) is 22.5 Å². The lowest BCUT2D eigenvalue weighted by molar-refractivity contribution is 0.0722. The maximum absolute atomic E-state index is 13.8. The highest BCUT2D eigenvalue weighted by Gasteiger charge is 2.29. The van der Waals surface area contributed by atoms with Crippen molar-refractivity contribution in [2.45, 2.75) is 65.5 Å². The van der Waals surface area contributed by atoms with Crippen LogP contribution in [0.15, 0.2) is 60.9 Å². The smallest absolute Gasteiger partial charge is 0.258 e. The number of phenolic OH excluding ortho intramolecular Hbond substituents is 1. The molecule has 2 aromatic heterocycles. The van der Waals surface area contributed by atoms with Crippen LogP contribution in [0.1, 0.15) is 74.4 Å². The first kappa shape index (κ1) is 23.5. The molecule has 0 aliphatic heterocycles. The second-order valence-corrected chi connectivity index (χ2v) is 10.2. The minimum Gasteiger partial charge on any atom is -0.507 e. The van der Waals surface area contributed by atoms with Gasteiger partial charge < -0.3 is 10.0 Å². The predicted molar refractivity (Wildman–Crippen MR) is 128 cm³/mol. The Kier molecular flexibility index (Phi) is 6.68. The van der Waals surface area contributed by atoms with E-state index < -0.39 is 0 Å². The van der Waals surface area contributed by atoms with Crippen LogP contribution in [0.4, 0.5) is 0 Å². The zero-order valence-electron chi connectivity index (χ0n) is 19.9. The van der Waals surface area contributed by atoms with Crippen LogP contribution in [0.5, 0.6) is 5.75 Å². The maximum atomic E-state index is 13.8. The normalized spacial score (nSPS) is 11.9. The Balaban J connectivity index is 2.10. The van der Waals surface area contributed by atoms with E-state index in [1.165, 1.54) is 0 Å². The van der Waals surface area contributed by atoms with Crippen LogP contribution in [0.25, 0.3) is 0 Å². The van der Waals surface area contributed by atoms with Crippen LogP contribution >= 0.6 is 0 Å². The number of rotatable bonds is 5. The van der Waals surface area contributed by atoms with Gasteiger partial charge >= 0.3 is 0 Å². The quantitative estimate of drug-likeness (QED) is 0.569. The van der Waals surface area contributed by atoms with Crippen LogP contribution in [0.3, 0.4) is 0 Å². The standard InChI is InChI=1S/C27H33N3O2/c1-26(2,3)19-15-22(24(31)23(16-19)27(4,5)6)25(32)30(17-20-11-7-9-13-28-20)18-21-12-8-10-14-29-21/h7-16,31H,17-18H2,1-6H3. The average molecular weight is 432 g/mol. The summed E-state index contributed by atoms with van der Waals surface area (Å²) in [6, 6.07) is 15.1. The number of benzene rings is 1. The van der Waals surface area contributed by atoms with E-state index in [1.54, 1.807) is 17.3 Å². The van der Waals surface area contributed by atoms with Gasteiger partial charge in [0.1, 0.15) is 5.75 Å². The number of phenols is 1. The number of nitrogens with zero attached hydrogens (tertiary/aromatic N) is 3. The predicted octanol–water partition coefficient (Wildman–Crippen LogP) is 5.62. The van der Waals surface area contributed by atoms with E-state index in [4.69, 9.17) is 0 Å². The molecule has 3 aromatic rings. The monoisotopic (exact) mass is 431 g/mol. The van der Waals surface area contributed by atoms with E-state index >= 15 is 0 Å². The minimum absolute atomic E-state index is 0.0440. The molecule has 32 heavy (non-hydrogen) atoms. The molecule has 3 rings (SSSR count). The summed E-state index contributed by atoms with van der Waals surface area (Å²) in [7, 11) is 0. The fourth-order valence-corrected chi connectivity index (χ4v) is 3.55. The Morgan fingerprint density at radius 3 is 1.78 bits per heavy atom. The van der Waals surface area contributed by atoms with Gasteiger partial charge in [0, 0.05) is 18.0 Å². The SMILES string of the molecule is CC(C)(C)c1cc(C(=O)N(Cc2ccccn2)Cc2ccccn2)c(O)c(C(C)(C)C)c1. The zero-order chi connectivity index (χ0) is 23.5. The van der Waals surface area contributed by atoms with Crippen LogP contribution in [0.2, 0.25) is 0 Å². The van der Waals surface area contributed by atoms with E-state index in [-0.39, 0.29) is 22.5 Å². The minimum atomic E-state index is -0.312. The first-order valence-electron chi connectivity index (χ1n) is 10.9. The van der Waals surface area contributed by atoms with Gasteiger partial charge in [-0.05, 0) is 46.7 Å². The molecule has 0 bridgehead atoms. The van der Waals surface area contributed by atoms with Gasteiger partial charge in [-0.3, -0.25) is 14.8 Å². The van der Waals surface area contributed by atoms with Gasteiger partial charge in [-0.2, -0.15) is 0 Å². The molecule has 0 aliphatic rings. The molecule has 1 aromatic carbocycles. The van der Waals surface area contributed by atoms with Gasteiger partial charge in [0.05, 0.1) is 30.0 Å². The number of pyridine rings is 2. The van der Waals surface area contributed by atoms with Crippen LogP contribution < -0.4 is 0 Å². The van der Waals surface area contributed by atoms with Crippen molar-refractivity contribution < 1.29 is 9.90 Å². The van der Waals surface area contributed by atoms with E-state index in [2.05, 4.69) is 30.7 Å². The van der Waals surface area contributed by atoms with Crippen molar-refractivity contribution in [1.82, 2.24) is 14.9 Å². The summed E-state index contributed by atoms with van der Waals surface area (Å²) < 4.78 is 0. The molecule has 0 saturated heterocycles. The Labute approximate surface area is 191 Å². The Morgan fingerprint density at radius 2 is 1.38 bits per heavy atom. The fraction of sp³-hybridized carbons (Fsp3) is 0.370. The molecule has 0 atom stereocenters. The maximum Gasteiger partial charge on any atom is 0.258 e. The Morgan fingerprint density at radius 1 is 0.844 bits per heavy atom. The molecule has 0 fully saturated rings. The summed E-state index contributed by atoms with van der Waals surface area (Å²) in [6.45, 7) is 13.1. The van der Waals surface area contributed by atoms with Gasteiger partial charge in [0.15, 0.2) is 0 Å². The average Bonchev–Trinajstić information content (AvgIpc) is 2.73. The molecule has 5 nitrogen and oxygen atoms in total. The van der Waals surface area contributed by atoms with Crippen molar-refractivity contribution in [2.75, 3.05) is 0 Å². The molecule has 5 heteroatoms. The summed E-state index contributed by atoms with van der Waals surface area (Å²) in [4.78, 5) is 24.3. The zero-order valence-corrected chi connectivity index (χ0v) is 19.9. The van der Waals surface area contributed by atoms with Crippen molar-refractivity contribution in [3.05, 3.63) is 89.0 Å². The summed E-state index contributed by atoms with van der Waals surface area (Å²) in [5.74, 6) is -0.196.